The van der Waals surface area contributed by atoms with Gasteiger partial charge in [0.1, 0.15) is 24.2 Å². The third-order valence-corrected chi connectivity index (χ3v) is 8.93. The number of amides is 2. The Balaban J connectivity index is 1.81. The summed E-state index contributed by atoms with van der Waals surface area (Å²) in [5.74, 6) is -1.46. The Bertz CT molecular complexity index is 1670. The highest BCUT2D eigenvalue weighted by Crippen LogP contribution is 2.32. The van der Waals surface area contributed by atoms with Crippen LogP contribution < -0.4 is 14.4 Å². The van der Waals surface area contributed by atoms with Crippen LogP contribution in [0.1, 0.15) is 11.1 Å². The normalized spacial score (nSPS) is 11.8. The van der Waals surface area contributed by atoms with Gasteiger partial charge in [0.05, 0.1) is 22.7 Å². The van der Waals surface area contributed by atoms with Crippen LogP contribution in [0.5, 0.6) is 5.75 Å². The molecule has 11 heteroatoms. The van der Waals surface area contributed by atoms with Gasteiger partial charge in [-0.2, -0.15) is 0 Å². The number of anilines is 1. The Labute approximate surface area is 255 Å². The Kier molecular flexibility index (Phi) is 10.4. The van der Waals surface area contributed by atoms with E-state index in [4.69, 9.17) is 16.3 Å². The number of hydrogen-bond donors (Lipinski definition) is 1. The molecule has 0 fully saturated rings. The molecule has 0 unspecified atom stereocenters. The van der Waals surface area contributed by atoms with Crippen LogP contribution in [0.15, 0.2) is 108 Å². The molecule has 0 aliphatic heterocycles. The summed E-state index contributed by atoms with van der Waals surface area (Å²) >= 11 is 6.36. The summed E-state index contributed by atoms with van der Waals surface area (Å²) in [5.41, 5.74) is 1.04. The van der Waals surface area contributed by atoms with Gasteiger partial charge in [-0.15, -0.1) is 0 Å². The molecule has 0 aliphatic rings. The van der Waals surface area contributed by atoms with E-state index in [0.717, 1.165) is 9.87 Å². The zero-order valence-corrected chi connectivity index (χ0v) is 25.2. The van der Waals surface area contributed by atoms with Gasteiger partial charge in [-0.05, 0) is 42.0 Å². The Hall–Kier alpha value is -4.41. The fourth-order valence-electron chi connectivity index (χ4n) is 4.59. The largest absolute Gasteiger partial charge is 0.495 e. The van der Waals surface area contributed by atoms with Crippen LogP contribution in [0.4, 0.5) is 10.1 Å². The number of ether oxygens (including phenoxy) is 1. The van der Waals surface area contributed by atoms with Crippen molar-refractivity contribution in [1.82, 2.24) is 10.2 Å². The zero-order valence-electron chi connectivity index (χ0n) is 23.6. The smallest absolute Gasteiger partial charge is 0.264 e. The summed E-state index contributed by atoms with van der Waals surface area (Å²) in [6, 6.07) is 25.9. The summed E-state index contributed by atoms with van der Waals surface area (Å²) in [7, 11) is -1.43. The fourth-order valence-corrected chi connectivity index (χ4v) is 6.27. The lowest BCUT2D eigenvalue weighted by Gasteiger charge is -2.33. The highest BCUT2D eigenvalue weighted by Gasteiger charge is 2.34. The number of nitrogens with zero attached hydrogens (tertiary/aromatic N) is 2. The molecule has 1 atom stereocenters. The van der Waals surface area contributed by atoms with Crippen molar-refractivity contribution < 1.29 is 27.1 Å². The third-order valence-electron chi connectivity index (χ3n) is 6.85. The zero-order chi connectivity index (χ0) is 31.0. The van der Waals surface area contributed by atoms with Gasteiger partial charge in [-0.1, -0.05) is 78.3 Å². The minimum absolute atomic E-state index is 0.0532. The molecule has 4 aromatic carbocycles. The van der Waals surface area contributed by atoms with Crippen LogP contribution >= 0.6 is 11.6 Å². The molecule has 1 N–H and O–H groups in total. The van der Waals surface area contributed by atoms with Crippen LogP contribution in [-0.2, 0) is 32.6 Å². The predicted octanol–water partition coefficient (Wildman–Crippen LogP) is 5.07. The van der Waals surface area contributed by atoms with E-state index in [9.17, 15) is 22.4 Å². The minimum atomic E-state index is -4.30. The van der Waals surface area contributed by atoms with E-state index in [-0.39, 0.29) is 34.1 Å². The lowest BCUT2D eigenvalue weighted by Crippen LogP contribution is -2.53. The monoisotopic (exact) mass is 623 g/mol. The molecule has 0 saturated heterocycles. The highest BCUT2D eigenvalue weighted by molar-refractivity contribution is 7.92. The van der Waals surface area contributed by atoms with Crippen molar-refractivity contribution in [2.75, 3.05) is 25.0 Å². The number of carbonyl (C=O) groups is 2. The topological polar surface area (TPSA) is 96.0 Å². The van der Waals surface area contributed by atoms with E-state index in [1.165, 1.54) is 67.6 Å². The van der Waals surface area contributed by atoms with Crippen molar-refractivity contribution >= 4 is 39.1 Å². The molecule has 0 radical (unpaired) electrons. The van der Waals surface area contributed by atoms with Crippen LogP contribution in [0.3, 0.4) is 0 Å². The molecule has 224 valence electrons. The molecule has 0 bridgehead atoms. The number of hydrogen-bond acceptors (Lipinski definition) is 5. The molecule has 4 aromatic rings. The van der Waals surface area contributed by atoms with E-state index in [2.05, 4.69) is 5.32 Å². The minimum Gasteiger partial charge on any atom is -0.495 e. The van der Waals surface area contributed by atoms with Gasteiger partial charge in [0.15, 0.2) is 0 Å². The van der Waals surface area contributed by atoms with Gasteiger partial charge >= 0.3 is 0 Å². The van der Waals surface area contributed by atoms with Gasteiger partial charge in [-0.3, -0.25) is 13.9 Å². The number of benzene rings is 4. The van der Waals surface area contributed by atoms with Crippen molar-refractivity contribution in [3.8, 4) is 5.75 Å². The highest BCUT2D eigenvalue weighted by atomic mass is 35.5. The SMILES string of the molecule is CNC(=O)[C@H](Cc1ccccc1)N(Cc1ccccc1F)C(=O)CN(c1ccc(OC)c(Cl)c1)S(=O)(=O)c1ccccc1. The van der Waals surface area contributed by atoms with Crippen LogP contribution in [-0.4, -0.2) is 51.9 Å². The van der Waals surface area contributed by atoms with Gasteiger partial charge in [-0.25, -0.2) is 12.8 Å². The second-order valence-electron chi connectivity index (χ2n) is 9.58. The summed E-state index contributed by atoms with van der Waals surface area (Å²) in [5, 5.41) is 2.73. The van der Waals surface area contributed by atoms with Crippen LogP contribution in [0, 0.1) is 5.82 Å². The van der Waals surface area contributed by atoms with E-state index in [0.29, 0.717) is 5.75 Å². The van der Waals surface area contributed by atoms with Crippen molar-refractivity contribution in [2.24, 2.45) is 0 Å². The lowest BCUT2D eigenvalue weighted by atomic mass is 10.0. The molecule has 0 heterocycles. The molecule has 8 nitrogen and oxygen atoms in total. The number of halogens is 2. The number of carbonyl (C=O) groups excluding carboxylic acids is 2. The number of nitrogens with one attached hydrogen (secondary N) is 1. The van der Waals surface area contributed by atoms with Crippen LogP contribution in [0.25, 0.3) is 0 Å². The van der Waals surface area contributed by atoms with Gasteiger partial charge in [0.2, 0.25) is 11.8 Å². The molecule has 0 aliphatic carbocycles. The maximum absolute atomic E-state index is 14.9. The van der Waals surface area contributed by atoms with Crippen molar-refractivity contribution in [2.45, 2.75) is 23.9 Å². The Morgan fingerprint density at radius 2 is 1.56 bits per heavy atom. The fraction of sp³-hybridized carbons (Fsp3) is 0.188. The first kappa shape index (κ1) is 31.5. The number of methoxy groups -OCH3 is 1. The maximum atomic E-state index is 14.9. The Morgan fingerprint density at radius 3 is 2.16 bits per heavy atom. The van der Waals surface area contributed by atoms with Crippen LogP contribution in [0.2, 0.25) is 5.02 Å². The second kappa shape index (κ2) is 14.2. The Morgan fingerprint density at radius 1 is 0.930 bits per heavy atom. The summed E-state index contributed by atoms with van der Waals surface area (Å²) in [6.45, 7) is -0.977. The first-order chi connectivity index (χ1) is 20.6. The van der Waals surface area contributed by atoms with E-state index in [1.807, 2.05) is 18.2 Å². The average Bonchev–Trinajstić information content (AvgIpc) is 3.02. The molecule has 0 aromatic heterocycles. The standard InChI is InChI=1S/C32H31ClFN3O5S/c1-35-32(39)29(19-23-11-5-3-6-12-23)36(21-24-13-9-10-16-28(24)34)31(38)22-37(25-17-18-30(42-2)27(33)20-25)43(40,41)26-14-7-4-8-15-26/h3-18,20,29H,19,21-22H2,1-2H3,(H,35,39)/t29-/m0/s1. The van der Waals surface area contributed by atoms with Gasteiger partial charge < -0.3 is 15.0 Å². The van der Waals surface area contributed by atoms with E-state index >= 15 is 0 Å². The quantitative estimate of drug-likeness (QED) is 0.238. The molecular formula is C32H31ClFN3O5S. The summed E-state index contributed by atoms with van der Waals surface area (Å²) < 4.78 is 48.9. The van der Waals surface area contributed by atoms with Crippen molar-refractivity contribution in [1.29, 1.82) is 0 Å². The lowest BCUT2D eigenvalue weighted by molar-refractivity contribution is -0.139. The maximum Gasteiger partial charge on any atom is 0.264 e. The average molecular weight is 624 g/mol. The van der Waals surface area contributed by atoms with Crippen molar-refractivity contribution in [3.05, 3.63) is 125 Å². The molecule has 0 spiro atoms. The van der Waals surface area contributed by atoms with Crippen molar-refractivity contribution in [3.63, 3.8) is 0 Å². The summed E-state index contributed by atoms with van der Waals surface area (Å²) in [6.07, 6.45) is 0.112. The molecule has 0 saturated carbocycles. The molecule has 43 heavy (non-hydrogen) atoms. The third kappa shape index (κ3) is 7.52. The number of likely N-dealkylation sites (N-methyl/N-ethyl adjacent to an activating group) is 1. The molecule has 2 amide bonds. The number of sulfonamides is 1. The first-order valence-corrected chi connectivity index (χ1v) is 15.2. The number of rotatable bonds is 12. The second-order valence-corrected chi connectivity index (χ2v) is 11.8. The predicted molar refractivity (Wildman–Crippen MR) is 164 cm³/mol. The van der Waals surface area contributed by atoms with Gasteiger partial charge in [0.25, 0.3) is 10.0 Å². The first-order valence-electron chi connectivity index (χ1n) is 13.4. The summed E-state index contributed by atoms with van der Waals surface area (Å²) in [4.78, 5) is 28.7. The molecular weight excluding hydrogens is 593 g/mol. The van der Waals surface area contributed by atoms with E-state index in [1.54, 1.807) is 36.4 Å². The molecule has 4 rings (SSSR count). The van der Waals surface area contributed by atoms with E-state index < -0.39 is 40.2 Å². The van der Waals surface area contributed by atoms with Gasteiger partial charge in [0, 0.05) is 25.6 Å².